The highest BCUT2D eigenvalue weighted by Gasteiger charge is 2.31. The summed E-state index contributed by atoms with van der Waals surface area (Å²) in [5, 5.41) is 6.49. The van der Waals surface area contributed by atoms with Gasteiger partial charge in [0, 0.05) is 11.3 Å². The Kier molecular flexibility index (Phi) is 6.88. The standard InChI is InChI=1S/C20H23Cl2N3O5S/c1-20(2,3)30-19(28)24-6-7-29-14-11(21)8-10-12(16(23)26)18(31-15(10)13(14)22)25-17(27)9-4-5-9/h8-9H,4-7H2,1-3H3,(H2,23,26)(H,24,28)(H,25,27). The number of hydrogen-bond donors (Lipinski definition) is 3. The number of anilines is 1. The number of thiophene rings is 1. The minimum Gasteiger partial charge on any atom is -0.489 e. The zero-order chi connectivity index (χ0) is 22.9. The van der Waals surface area contributed by atoms with Crippen molar-refractivity contribution in [1.82, 2.24) is 5.32 Å². The topological polar surface area (TPSA) is 120 Å². The normalized spacial score (nSPS) is 13.7. The van der Waals surface area contributed by atoms with Gasteiger partial charge in [-0.15, -0.1) is 11.3 Å². The van der Waals surface area contributed by atoms with Gasteiger partial charge in [-0.1, -0.05) is 23.2 Å². The van der Waals surface area contributed by atoms with Gasteiger partial charge in [-0.3, -0.25) is 9.59 Å². The average Bonchev–Trinajstić information content (AvgIpc) is 3.42. The molecule has 0 unspecified atom stereocenters. The first-order valence-corrected chi connectivity index (χ1v) is 11.2. The number of fused-ring (bicyclic) bond motifs is 1. The van der Waals surface area contributed by atoms with Crippen molar-refractivity contribution >= 4 is 67.5 Å². The van der Waals surface area contributed by atoms with Crippen LogP contribution in [0.2, 0.25) is 10.0 Å². The summed E-state index contributed by atoms with van der Waals surface area (Å²) in [6.45, 7) is 5.55. The molecule has 168 valence electrons. The fourth-order valence-corrected chi connectivity index (χ4v) is 4.59. The number of carbonyl (C=O) groups is 3. The van der Waals surface area contributed by atoms with Crippen molar-refractivity contribution in [1.29, 1.82) is 0 Å². The number of hydrogen-bond acceptors (Lipinski definition) is 6. The van der Waals surface area contributed by atoms with Crippen LogP contribution in [0.15, 0.2) is 6.07 Å². The van der Waals surface area contributed by atoms with E-state index in [0.717, 1.165) is 24.2 Å². The quantitative estimate of drug-likeness (QED) is 0.494. The lowest BCUT2D eigenvalue weighted by Gasteiger charge is -2.19. The average molecular weight is 488 g/mol. The van der Waals surface area contributed by atoms with Gasteiger partial charge in [-0.05, 0) is 39.7 Å². The summed E-state index contributed by atoms with van der Waals surface area (Å²) in [4.78, 5) is 35.9. The minimum absolute atomic E-state index is 0.0404. The molecule has 0 saturated heterocycles. The number of alkyl carbamates (subject to hydrolysis) is 1. The number of primary amides is 1. The van der Waals surface area contributed by atoms with Crippen molar-refractivity contribution < 1.29 is 23.9 Å². The molecular formula is C20H23Cl2N3O5S. The molecule has 0 atom stereocenters. The van der Waals surface area contributed by atoms with Crippen molar-refractivity contribution in [3.8, 4) is 5.75 Å². The zero-order valence-corrected chi connectivity index (χ0v) is 19.6. The van der Waals surface area contributed by atoms with Crippen LogP contribution in [0, 0.1) is 5.92 Å². The van der Waals surface area contributed by atoms with Crippen LogP contribution in [0.4, 0.5) is 9.80 Å². The largest absolute Gasteiger partial charge is 0.489 e. The van der Waals surface area contributed by atoms with Gasteiger partial charge in [0.15, 0.2) is 5.75 Å². The molecule has 0 aliphatic heterocycles. The van der Waals surface area contributed by atoms with Crippen molar-refractivity contribution in [3.63, 3.8) is 0 Å². The molecule has 31 heavy (non-hydrogen) atoms. The van der Waals surface area contributed by atoms with Gasteiger partial charge in [0.2, 0.25) is 5.91 Å². The zero-order valence-electron chi connectivity index (χ0n) is 17.3. The van der Waals surface area contributed by atoms with Gasteiger partial charge >= 0.3 is 6.09 Å². The number of benzene rings is 1. The first-order chi connectivity index (χ1) is 14.5. The van der Waals surface area contributed by atoms with Gasteiger partial charge in [0.1, 0.15) is 22.2 Å². The Balaban J connectivity index is 1.78. The second-order valence-corrected chi connectivity index (χ2v) is 9.90. The number of carbonyl (C=O) groups excluding carboxylic acids is 3. The predicted octanol–water partition coefficient (Wildman–Crippen LogP) is 4.56. The van der Waals surface area contributed by atoms with Crippen LogP contribution in [0.5, 0.6) is 5.75 Å². The van der Waals surface area contributed by atoms with Gasteiger partial charge in [0.05, 0.1) is 21.8 Å². The van der Waals surface area contributed by atoms with Gasteiger partial charge in [-0.2, -0.15) is 0 Å². The predicted molar refractivity (Wildman–Crippen MR) is 121 cm³/mol. The third-order valence-corrected chi connectivity index (χ3v) is 6.17. The summed E-state index contributed by atoms with van der Waals surface area (Å²) >= 11 is 14.0. The maximum Gasteiger partial charge on any atom is 0.407 e. The van der Waals surface area contributed by atoms with Crippen LogP contribution in [-0.4, -0.2) is 36.7 Å². The Labute approximate surface area is 193 Å². The number of nitrogens with two attached hydrogens (primary N) is 1. The third-order valence-electron chi connectivity index (χ3n) is 4.28. The second-order valence-electron chi connectivity index (χ2n) is 8.09. The number of rotatable bonds is 7. The molecule has 1 aromatic heterocycles. The number of halogens is 2. The van der Waals surface area contributed by atoms with Crippen LogP contribution < -0.4 is 21.1 Å². The van der Waals surface area contributed by atoms with E-state index >= 15 is 0 Å². The molecule has 4 N–H and O–H groups in total. The van der Waals surface area contributed by atoms with E-state index < -0.39 is 17.6 Å². The van der Waals surface area contributed by atoms with Crippen molar-refractivity contribution in [2.45, 2.75) is 39.2 Å². The fourth-order valence-electron chi connectivity index (χ4n) is 2.79. The van der Waals surface area contributed by atoms with E-state index in [2.05, 4.69) is 10.6 Å². The molecule has 1 saturated carbocycles. The number of ether oxygens (including phenoxy) is 2. The minimum atomic E-state index is -0.695. The van der Waals surface area contributed by atoms with E-state index in [1.165, 1.54) is 6.07 Å². The summed E-state index contributed by atoms with van der Waals surface area (Å²) in [5.74, 6) is -0.679. The maximum absolute atomic E-state index is 12.2. The SMILES string of the molecule is CC(C)(C)OC(=O)NCCOc1c(Cl)cc2c(C(N)=O)c(NC(=O)C3CC3)sc2c1Cl. The van der Waals surface area contributed by atoms with Crippen LogP contribution >= 0.6 is 34.5 Å². The molecule has 3 amide bonds. The van der Waals surface area contributed by atoms with Crippen LogP contribution in [-0.2, 0) is 9.53 Å². The van der Waals surface area contributed by atoms with Crippen LogP contribution in [0.3, 0.4) is 0 Å². The van der Waals surface area contributed by atoms with Gasteiger partial charge < -0.3 is 25.8 Å². The summed E-state index contributed by atoms with van der Waals surface area (Å²) in [7, 11) is 0. The van der Waals surface area contributed by atoms with Gasteiger partial charge in [-0.25, -0.2) is 4.79 Å². The van der Waals surface area contributed by atoms with E-state index in [1.807, 2.05) is 0 Å². The lowest BCUT2D eigenvalue weighted by molar-refractivity contribution is -0.117. The van der Waals surface area contributed by atoms with Crippen LogP contribution in [0.1, 0.15) is 44.0 Å². The number of amides is 3. The fraction of sp³-hybridized carbons (Fsp3) is 0.450. The highest BCUT2D eigenvalue weighted by Crippen LogP contribution is 2.47. The smallest absolute Gasteiger partial charge is 0.407 e. The summed E-state index contributed by atoms with van der Waals surface area (Å²) in [6, 6.07) is 1.53. The lowest BCUT2D eigenvalue weighted by atomic mass is 10.1. The van der Waals surface area contributed by atoms with E-state index in [-0.39, 0.29) is 46.3 Å². The summed E-state index contributed by atoms with van der Waals surface area (Å²) in [6.07, 6.45) is 1.08. The molecule has 8 nitrogen and oxygen atoms in total. The highest BCUT2D eigenvalue weighted by molar-refractivity contribution is 7.24. The maximum atomic E-state index is 12.2. The molecule has 0 bridgehead atoms. The Bertz CT molecular complexity index is 1040. The molecule has 0 radical (unpaired) electrons. The second kappa shape index (κ2) is 9.10. The molecule has 1 aliphatic rings. The lowest BCUT2D eigenvalue weighted by Crippen LogP contribution is -2.34. The molecular weight excluding hydrogens is 465 g/mol. The molecule has 1 fully saturated rings. The van der Waals surface area contributed by atoms with E-state index in [9.17, 15) is 14.4 Å². The molecule has 11 heteroatoms. The van der Waals surface area contributed by atoms with Crippen molar-refractivity contribution in [2.24, 2.45) is 11.7 Å². The molecule has 0 spiro atoms. The summed E-state index contributed by atoms with van der Waals surface area (Å²) in [5.41, 5.74) is 5.11. The molecule has 1 aliphatic carbocycles. The third kappa shape index (κ3) is 5.72. The summed E-state index contributed by atoms with van der Waals surface area (Å²) < 4.78 is 11.3. The van der Waals surface area contributed by atoms with Gasteiger partial charge in [0.25, 0.3) is 5.91 Å². The Morgan fingerprint density at radius 3 is 2.52 bits per heavy atom. The Morgan fingerprint density at radius 2 is 1.94 bits per heavy atom. The van der Waals surface area contributed by atoms with Crippen molar-refractivity contribution in [3.05, 3.63) is 21.7 Å². The van der Waals surface area contributed by atoms with E-state index in [4.69, 9.17) is 38.4 Å². The Hall–Kier alpha value is -2.23. The monoisotopic (exact) mass is 487 g/mol. The highest BCUT2D eigenvalue weighted by atomic mass is 35.5. The molecule has 3 rings (SSSR count). The van der Waals surface area contributed by atoms with Crippen LogP contribution in [0.25, 0.3) is 10.1 Å². The first kappa shape index (κ1) is 23.4. The molecule has 1 heterocycles. The molecule has 1 aromatic carbocycles. The van der Waals surface area contributed by atoms with E-state index in [0.29, 0.717) is 15.1 Å². The van der Waals surface area contributed by atoms with Crippen molar-refractivity contribution in [2.75, 3.05) is 18.5 Å². The Morgan fingerprint density at radius 1 is 1.26 bits per heavy atom. The first-order valence-electron chi connectivity index (χ1n) is 9.62. The van der Waals surface area contributed by atoms with E-state index in [1.54, 1.807) is 20.8 Å². The number of nitrogens with one attached hydrogen (secondary N) is 2. The molecule has 2 aromatic rings.